The first-order valence-electron chi connectivity index (χ1n) is 7.00. The van der Waals surface area contributed by atoms with Crippen molar-refractivity contribution in [2.75, 3.05) is 20.7 Å². The number of nitro benzene ring substituents is 1. The summed E-state index contributed by atoms with van der Waals surface area (Å²) in [6, 6.07) is 9.56. The van der Waals surface area contributed by atoms with E-state index in [9.17, 15) is 14.9 Å². The minimum Gasteiger partial charge on any atom is -0.496 e. The van der Waals surface area contributed by atoms with Gasteiger partial charge >= 0.3 is 0 Å². The molecular weight excluding hydrogens is 298 g/mol. The van der Waals surface area contributed by atoms with Gasteiger partial charge in [-0.15, -0.1) is 0 Å². The first-order chi connectivity index (χ1) is 11.0. The molecule has 0 aliphatic carbocycles. The number of amides is 1. The largest absolute Gasteiger partial charge is 0.496 e. The summed E-state index contributed by atoms with van der Waals surface area (Å²) >= 11 is 0. The van der Waals surface area contributed by atoms with Gasteiger partial charge in [0.2, 0.25) is 0 Å². The first kappa shape index (κ1) is 16.4. The minimum absolute atomic E-state index is 0.146. The van der Waals surface area contributed by atoms with Gasteiger partial charge in [0.1, 0.15) is 5.75 Å². The maximum Gasteiger partial charge on any atom is 0.270 e. The van der Waals surface area contributed by atoms with Crippen molar-refractivity contribution in [1.82, 2.24) is 9.88 Å². The summed E-state index contributed by atoms with van der Waals surface area (Å²) in [7, 11) is 3.06. The Balaban J connectivity index is 2.15. The molecule has 1 aromatic carbocycles. The molecule has 0 radical (unpaired) electrons. The zero-order chi connectivity index (χ0) is 16.8. The molecular formula is C16H17N3O4. The fourth-order valence-electron chi connectivity index (χ4n) is 2.11. The third-order valence-corrected chi connectivity index (χ3v) is 3.40. The predicted octanol–water partition coefficient (Wildman–Crippen LogP) is 2.31. The number of likely N-dealkylation sites (N-methyl/N-ethyl adjacent to an activating group) is 1. The standard InChI is InChI=1S/C16H17N3O4/c1-18(10-8-12-5-3-4-9-17-12)16(20)14-11-13(19(21)22)6-7-15(14)23-2/h3-7,9,11H,8,10H2,1-2H3. The van der Waals surface area contributed by atoms with Crippen LogP contribution >= 0.6 is 0 Å². The summed E-state index contributed by atoms with van der Waals surface area (Å²) in [4.78, 5) is 28.6. The first-order valence-corrected chi connectivity index (χ1v) is 7.00. The smallest absolute Gasteiger partial charge is 0.270 e. The van der Waals surface area contributed by atoms with Gasteiger partial charge in [-0.25, -0.2) is 0 Å². The number of pyridine rings is 1. The van der Waals surface area contributed by atoms with Crippen LogP contribution in [0.5, 0.6) is 5.75 Å². The highest BCUT2D eigenvalue weighted by Gasteiger charge is 2.20. The summed E-state index contributed by atoms with van der Waals surface area (Å²) in [5.74, 6) is -0.0215. The van der Waals surface area contributed by atoms with Crippen molar-refractivity contribution < 1.29 is 14.5 Å². The van der Waals surface area contributed by atoms with Gasteiger partial charge in [-0.3, -0.25) is 19.9 Å². The molecule has 0 aliphatic heterocycles. The Kier molecular flexibility index (Phi) is 5.24. The molecule has 0 spiro atoms. The number of nitrogens with zero attached hydrogens (tertiary/aromatic N) is 3. The highest BCUT2D eigenvalue weighted by atomic mass is 16.6. The monoisotopic (exact) mass is 315 g/mol. The van der Waals surface area contributed by atoms with Gasteiger partial charge in [0.25, 0.3) is 11.6 Å². The lowest BCUT2D eigenvalue weighted by molar-refractivity contribution is -0.384. The molecule has 0 bridgehead atoms. The molecule has 0 unspecified atom stereocenters. The van der Waals surface area contributed by atoms with E-state index in [0.717, 1.165) is 5.69 Å². The molecule has 23 heavy (non-hydrogen) atoms. The quantitative estimate of drug-likeness (QED) is 0.603. The van der Waals surface area contributed by atoms with Crippen molar-refractivity contribution in [3.05, 3.63) is 64.0 Å². The maximum atomic E-state index is 12.5. The van der Waals surface area contributed by atoms with Crippen LogP contribution in [0.2, 0.25) is 0 Å². The molecule has 2 rings (SSSR count). The molecule has 0 fully saturated rings. The third kappa shape index (κ3) is 4.03. The lowest BCUT2D eigenvalue weighted by atomic mass is 10.1. The number of hydrogen-bond acceptors (Lipinski definition) is 5. The van der Waals surface area contributed by atoms with Crippen LogP contribution in [-0.2, 0) is 6.42 Å². The molecule has 1 heterocycles. The van der Waals surface area contributed by atoms with Crippen LogP contribution in [0.25, 0.3) is 0 Å². The van der Waals surface area contributed by atoms with Crippen molar-refractivity contribution in [2.45, 2.75) is 6.42 Å². The number of benzene rings is 1. The third-order valence-electron chi connectivity index (χ3n) is 3.40. The normalized spacial score (nSPS) is 10.2. The molecule has 1 aromatic heterocycles. The van der Waals surface area contributed by atoms with Crippen molar-refractivity contribution in [3.63, 3.8) is 0 Å². The van der Waals surface area contributed by atoms with Gasteiger partial charge in [-0.05, 0) is 18.2 Å². The molecule has 0 aliphatic rings. The Bertz CT molecular complexity index is 704. The molecule has 1 amide bonds. The second-order valence-electron chi connectivity index (χ2n) is 4.94. The van der Waals surface area contributed by atoms with Crippen molar-refractivity contribution in [2.24, 2.45) is 0 Å². The fraction of sp³-hybridized carbons (Fsp3) is 0.250. The summed E-state index contributed by atoms with van der Waals surface area (Å²) < 4.78 is 5.13. The van der Waals surface area contributed by atoms with Crippen LogP contribution in [0, 0.1) is 10.1 Å². The van der Waals surface area contributed by atoms with E-state index in [1.165, 1.54) is 30.2 Å². The zero-order valence-corrected chi connectivity index (χ0v) is 12.9. The van der Waals surface area contributed by atoms with Crippen LogP contribution in [0.4, 0.5) is 5.69 Å². The number of nitro groups is 1. The molecule has 120 valence electrons. The van der Waals surface area contributed by atoms with Crippen LogP contribution in [-0.4, -0.2) is 41.4 Å². The zero-order valence-electron chi connectivity index (χ0n) is 12.9. The van der Waals surface area contributed by atoms with E-state index in [4.69, 9.17) is 4.74 Å². The number of carbonyl (C=O) groups excluding carboxylic acids is 1. The Morgan fingerprint density at radius 2 is 2.13 bits per heavy atom. The Morgan fingerprint density at radius 3 is 2.74 bits per heavy atom. The average Bonchev–Trinajstić information content (AvgIpc) is 2.59. The van der Waals surface area contributed by atoms with Gasteiger partial charge < -0.3 is 9.64 Å². The van der Waals surface area contributed by atoms with E-state index in [2.05, 4.69) is 4.98 Å². The second kappa shape index (κ2) is 7.35. The van der Waals surface area contributed by atoms with Crippen molar-refractivity contribution in [1.29, 1.82) is 0 Å². The van der Waals surface area contributed by atoms with Gasteiger partial charge in [0.15, 0.2) is 0 Å². The highest BCUT2D eigenvalue weighted by molar-refractivity contribution is 5.97. The van der Waals surface area contributed by atoms with E-state index in [1.54, 1.807) is 13.2 Å². The fourth-order valence-corrected chi connectivity index (χ4v) is 2.11. The van der Waals surface area contributed by atoms with E-state index >= 15 is 0 Å². The van der Waals surface area contributed by atoms with Crippen LogP contribution in [0.3, 0.4) is 0 Å². The van der Waals surface area contributed by atoms with Crippen LogP contribution in [0.1, 0.15) is 16.1 Å². The van der Waals surface area contributed by atoms with E-state index in [0.29, 0.717) is 18.7 Å². The molecule has 0 saturated carbocycles. The highest BCUT2D eigenvalue weighted by Crippen LogP contribution is 2.25. The number of non-ortho nitro benzene ring substituents is 1. The number of rotatable bonds is 6. The van der Waals surface area contributed by atoms with Gasteiger partial charge in [-0.2, -0.15) is 0 Å². The number of methoxy groups -OCH3 is 1. The average molecular weight is 315 g/mol. The lowest BCUT2D eigenvalue weighted by Gasteiger charge is -2.18. The summed E-state index contributed by atoms with van der Waals surface area (Å²) in [6.45, 7) is 0.446. The summed E-state index contributed by atoms with van der Waals surface area (Å²) in [5, 5.41) is 10.9. The van der Waals surface area contributed by atoms with E-state index in [-0.39, 0.29) is 17.2 Å². The Hall–Kier alpha value is -2.96. The lowest BCUT2D eigenvalue weighted by Crippen LogP contribution is -2.29. The van der Waals surface area contributed by atoms with Crippen molar-refractivity contribution >= 4 is 11.6 Å². The van der Waals surface area contributed by atoms with Gasteiger partial charge in [0, 0.05) is 44.0 Å². The summed E-state index contributed by atoms with van der Waals surface area (Å²) in [5.41, 5.74) is 0.899. The number of ether oxygens (including phenoxy) is 1. The number of hydrogen-bond donors (Lipinski definition) is 0. The number of carbonyl (C=O) groups is 1. The molecule has 0 atom stereocenters. The molecule has 2 aromatic rings. The van der Waals surface area contributed by atoms with E-state index in [1.807, 2.05) is 18.2 Å². The van der Waals surface area contributed by atoms with Gasteiger partial charge in [-0.1, -0.05) is 6.07 Å². The van der Waals surface area contributed by atoms with Gasteiger partial charge in [0.05, 0.1) is 17.6 Å². The van der Waals surface area contributed by atoms with Crippen molar-refractivity contribution in [3.8, 4) is 5.75 Å². The molecule has 0 saturated heterocycles. The minimum atomic E-state index is -0.538. The SMILES string of the molecule is COc1ccc([N+](=O)[O-])cc1C(=O)N(C)CCc1ccccn1. The summed E-state index contributed by atoms with van der Waals surface area (Å²) in [6.07, 6.45) is 2.29. The molecule has 0 N–H and O–H groups in total. The van der Waals surface area contributed by atoms with E-state index < -0.39 is 4.92 Å². The predicted molar refractivity (Wildman–Crippen MR) is 84.5 cm³/mol. The Labute approximate surface area is 133 Å². The molecule has 7 nitrogen and oxygen atoms in total. The Morgan fingerprint density at radius 1 is 1.35 bits per heavy atom. The molecule has 7 heteroatoms. The number of aromatic nitrogens is 1. The van der Waals surface area contributed by atoms with Crippen LogP contribution < -0.4 is 4.74 Å². The second-order valence-corrected chi connectivity index (χ2v) is 4.94. The maximum absolute atomic E-state index is 12.5. The van der Waals surface area contributed by atoms with Crippen LogP contribution in [0.15, 0.2) is 42.6 Å². The topological polar surface area (TPSA) is 85.6 Å².